The maximum Gasteiger partial charge on any atom is 0.223 e. The summed E-state index contributed by atoms with van der Waals surface area (Å²) >= 11 is 0. The molecule has 0 saturated carbocycles. The van der Waals surface area contributed by atoms with Crippen LogP contribution in [0.5, 0.6) is 5.75 Å². The average Bonchev–Trinajstić information content (AvgIpc) is 2.20. The van der Waals surface area contributed by atoms with E-state index in [2.05, 4.69) is 0 Å². The Morgan fingerprint density at radius 1 is 1.33 bits per heavy atom. The van der Waals surface area contributed by atoms with Gasteiger partial charge in [-0.25, -0.2) is 0 Å². The molecule has 15 heavy (non-hydrogen) atoms. The maximum absolute atomic E-state index is 11.0. The van der Waals surface area contributed by atoms with Crippen molar-refractivity contribution in [3.8, 4) is 5.75 Å². The molecule has 0 amide bonds. The smallest absolute Gasteiger partial charge is 0.223 e. The van der Waals surface area contributed by atoms with Crippen molar-refractivity contribution in [3.63, 3.8) is 0 Å². The lowest BCUT2D eigenvalue weighted by Gasteiger charge is -2.11. The molecule has 0 spiro atoms. The van der Waals surface area contributed by atoms with Crippen LogP contribution in [0.3, 0.4) is 0 Å². The lowest BCUT2D eigenvalue weighted by Crippen LogP contribution is -2.13. The van der Waals surface area contributed by atoms with Gasteiger partial charge in [0.15, 0.2) is 5.75 Å². The van der Waals surface area contributed by atoms with E-state index in [9.17, 15) is 9.90 Å². The Labute approximate surface area is 93.0 Å². The van der Waals surface area contributed by atoms with Crippen LogP contribution in [0.2, 0.25) is 0 Å². The first-order valence-corrected chi connectivity index (χ1v) is 4.33. The van der Waals surface area contributed by atoms with Gasteiger partial charge in [-0.2, -0.15) is 0 Å². The molecule has 86 valence electrons. The second-order valence-electron chi connectivity index (χ2n) is 2.90. The van der Waals surface area contributed by atoms with Crippen molar-refractivity contribution in [3.05, 3.63) is 28.2 Å². The number of aliphatic hydroxyl groups is 2. The lowest BCUT2D eigenvalue weighted by molar-refractivity contribution is 0.251. The molecule has 0 bridgehead atoms. The van der Waals surface area contributed by atoms with Crippen LogP contribution in [0, 0.1) is 0 Å². The summed E-state index contributed by atoms with van der Waals surface area (Å²) < 4.78 is 1.55. The first-order valence-electron chi connectivity index (χ1n) is 4.33. The summed E-state index contributed by atoms with van der Waals surface area (Å²) in [6.07, 6.45) is 2.00. The highest BCUT2D eigenvalue weighted by atomic mass is 35.5. The molecule has 1 heterocycles. The zero-order chi connectivity index (χ0) is 10.6. The van der Waals surface area contributed by atoms with E-state index in [-0.39, 0.29) is 24.7 Å². The van der Waals surface area contributed by atoms with Gasteiger partial charge in [-0.15, -0.1) is 12.4 Å². The molecule has 1 aromatic heterocycles. The van der Waals surface area contributed by atoms with Crippen LogP contribution >= 0.6 is 12.4 Å². The van der Waals surface area contributed by atoms with Crippen molar-refractivity contribution < 1.29 is 15.3 Å². The van der Waals surface area contributed by atoms with Crippen molar-refractivity contribution in [1.29, 1.82) is 0 Å². The van der Waals surface area contributed by atoms with Gasteiger partial charge in [0.25, 0.3) is 0 Å². The van der Waals surface area contributed by atoms with Crippen LogP contribution in [-0.4, -0.2) is 26.5 Å². The molecular weight excluding hydrogens is 222 g/mol. The minimum Gasteiger partial charge on any atom is -0.503 e. The number of rotatable bonds is 4. The van der Waals surface area contributed by atoms with Crippen molar-refractivity contribution in [2.45, 2.75) is 19.6 Å². The van der Waals surface area contributed by atoms with Gasteiger partial charge in [-0.1, -0.05) is 0 Å². The summed E-state index contributed by atoms with van der Waals surface area (Å²) in [7, 11) is 0. The van der Waals surface area contributed by atoms with Gasteiger partial charge in [0.2, 0.25) is 5.43 Å². The van der Waals surface area contributed by atoms with Gasteiger partial charge < -0.3 is 19.9 Å². The molecule has 0 fully saturated rings. The number of aromatic nitrogens is 1. The predicted octanol–water partition coefficient (Wildman–Crippen LogP) is -0.150. The highest BCUT2D eigenvalue weighted by molar-refractivity contribution is 5.85. The molecule has 1 rings (SSSR count). The standard InChI is InChI=1S/C9H13NO4.ClH/c11-5-1-3-10-4-2-8(13)9(14)7(10)6-12;/h2,4,11-12,14H,1,3,5-6H2;1H. The third-order valence-corrected chi connectivity index (χ3v) is 1.97. The van der Waals surface area contributed by atoms with Crippen LogP contribution in [0.25, 0.3) is 0 Å². The molecule has 0 aliphatic heterocycles. The van der Waals surface area contributed by atoms with Gasteiger partial charge in [0.1, 0.15) is 0 Å². The predicted molar refractivity (Wildman–Crippen MR) is 57.2 cm³/mol. The highest BCUT2D eigenvalue weighted by Gasteiger charge is 2.07. The number of aryl methyl sites for hydroxylation is 1. The van der Waals surface area contributed by atoms with Crippen molar-refractivity contribution in [2.24, 2.45) is 0 Å². The Bertz CT molecular complexity index is 364. The second kappa shape index (κ2) is 6.44. The molecule has 0 aliphatic rings. The zero-order valence-electron chi connectivity index (χ0n) is 8.09. The molecule has 0 unspecified atom stereocenters. The van der Waals surface area contributed by atoms with Crippen LogP contribution in [0.15, 0.2) is 17.1 Å². The Kier molecular flexibility index (Phi) is 6.00. The fraction of sp³-hybridized carbons (Fsp3) is 0.444. The topological polar surface area (TPSA) is 82.7 Å². The molecular formula is C9H14ClNO4. The lowest BCUT2D eigenvalue weighted by atomic mass is 10.3. The molecule has 0 atom stereocenters. The molecule has 0 saturated heterocycles. The van der Waals surface area contributed by atoms with E-state index in [1.165, 1.54) is 12.3 Å². The Morgan fingerprint density at radius 3 is 2.53 bits per heavy atom. The monoisotopic (exact) mass is 235 g/mol. The summed E-state index contributed by atoms with van der Waals surface area (Å²) in [5, 5.41) is 26.9. The molecule has 3 N–H and O–H groups in total. The number of hydrogen-bond donors (Lipinski definition) is 3. The molecule has 0 radical (unpaired) electrons. The highest BCUT2D eigenvalue weighted by Crippen LogP contribution is 2.11. The summed E-state index contributed by atoms with van der Waals surface area (Å²) in [5.41, 5.74) is -0.319. The number of hydrogen-bond acceptors (Lipinski definition) is 4. The first kappa shape index (κ1) is 14.0. The van der Waals surface area contributed by atoms with Crippen molar-refractivity contribution >= 4 is 12.4 Å². The van der Waals surface area contributed by atoms with Crippen LogP contribution in [0.1, 0.15) is 12.1 Å². The quantitative estimate of drug-likeness (QED) is 0.678. The molecule has 5 nitrogen and oxygen atoms in total. The number of nitrogens with zero attached hydrogens (tertiary/aromatic N) is 1. The summed E-state index contributed by atoms with van der Waals surface area (Å²) in [5.74, 6) is -0.423. The maximum atomic E-state index is 11.0. The SMILES string of the molecule is Cl.O=c1ccn(CCCO)c(CO)c1O. The summed E-state index contributed by atoms with van der Waals surface area (Å²) in [4.78, 5) is 11.0. The van der Waals surface area contributed by atoms with E-state index in [0.29, 0.717) is 13.0 Å². The van der Waals surface area contributed by atoms with E-state index in [1.54, 1.807) is 4.57 Å². The normalized spacial score (nSPS) is 9.73. The molecule has 6 heteroatoms. The Balaban J connectivity index is 0.00000196. The fourth-order valence-corrected chi connectivity index (χ4v) is 1.22. The number of aliphatic hydroxyl groups excluding tert-OH is 2. The third kappa shape index (κ3) is 3.23. The average molecular weight is 236 g/mol. The van der Waals surface area contributed by atoms with E-state index in [1.807, 2.05) is 0 Å². The molecule has 1 aromatic rings. The zero-order valence-corrected chi connectivity index (χ0v) is 8.90. The minimum atomic E-state index is -0.505. The largest absolute Gasteiger partial charge is 0.503 e. The van der Waals surface area contributed by atoms with Gasteiger partial charge >= 0.3 is 0 Å². The number of pyridine rings is 1. The van der Waals surface area contributed by atoms with Crippen LogP contribution in [0.4, 0.5) is 0 Å². The number of aromatic hydroxyl groups is 1. The Morgan fingerprint density at radius 2 is 2.00 bits per heavy atom. The third-order valence-electron chi connectivity index (χ3n) is 1.97. The van der Waals surface area contributed by atoms with E-state index >= 15 is 0 Å². The summed E-state index contributed by atoms with van der Waals surface area (Å²) in [6.45, 7) is 0.0886. The van der Waals surface area contributed by atoms with Gasteiger partial charge in [0, 0.05) is 25.4 Å². The van der Waals surface area contributed by atoms with Crippen molar-refractivity contribution in [2.75, 3.05) is 6.61 Å². The van der Waals surface area contributed by atoms with Crippen LogP contribution < -0.4 is 5.43 Å². The molecule has 0 aromatic carbocycles. The molecule has 0 aliphatic carbocycles. The van der Waals surface area contributed by atoms with Gasteiger partial charge in [0.05, 0.1) is 12.3 Å². The summed E-state index contributed by atoms with van der Waals surface area (Å²) in [6, 6.07) is 1.23. The van der Waals surface area contributed by atoms with E-state index in [0.717, 1.165) is 0 Å². The second-order valence-corrected chi connectivity index (χ2v) is 2.90. The van der Waals surface area contributed by atoms with Crippen LogP contribution in [-0.2, 0) is 13.2 Å². The Hall–Kier alpha value is -1.04. The van der Waals surface area contributed by atoms with E-state index in [4.69, 9.17) is 10.2 Å². The minimum absolute atomic E-state index is 0. The van der Waals surface area contributed by atoms with Gasteiger partial charge in [-0.05, 0) is 6.42 Å². The van der Waals surface area contributed by atoms with E-state index < -0.39 is 17.8 Å². The van der Waals surface area contributed by atoms with Crippen molar-refractivity contribution in [1.82, 2.24) is 4.57 Å². The number of halogens is 1. The first-order chi connectivity index (χ1) is 6.70. The fourth-order valence-electron chi connectivity index (χ4n) is 1.22. The van der Waals surface area contributed by atoms with Gasteiger partial charge in [-0.3, -0.25) is 4.79 Å².